The van der Waals surface area contributed by atoms with Crippen LogP contribution in [-0.4, -0.2) is 31.6 Å². The van der Waals surface area contributed by atoms with Crippen molar-refractivity contribution in [2.45, 2.75) is 90.4 Å². The van der Waals surface area contributed by atoms with Crippen LogP contribution in [-0.2, 0) is 15.6 Å². The number of benzene rings is 1. The fourth-order valence-corrected chi connectivity index (χ4v) is 7.74. The second-order valence-corrected chi connectivity index (χ2v) is 12.5. The van der Waals surface area contributed by atoms with Crippen molar-refractivity contribution in [1.29, 1.82) is 0 Å². The summed E-state index contributed by atoms with van der Waals surface area (Å²) >= 11 is 2.24. The first-order valence-corrected chi connectivity index (χ1v) is 11.8. The molecule has 2 nitrogen and oxygen atoms in total. The van der Waals surface area contributed by atoms with Crippen molar-refractivity contribution < 1.29 is 9.47 Å². The second kappa shape index (κ2) is 7.61. The molecule has 29 heavy (non-hydrogen) atoms. The van der Waals surface area contributed by atoms with Gasteiger partial charge in [-0.1, -0.05) is 0 Å². The van der Waals surface area contributed by atoms with Crippen LogP contribution in [0.1, 0.15) is 90.7 Å². The number of rotatable bonds is 6. The average Bonchev–Trinajstić information content (AvgIpc) is 2.56. The first-order chi connectivity index (χ1) is 13.5. The van der Waals surface area contributed by atoms with E-state index in [9.17, 15) is 0 Å². The zero-order valence-corrected chi connectivity index (χ0v) is 19.9. The van der Waals surface area contributed by atoms with Crippen molar-refractivity contribution in [2.24, 2.45) is 23.2 Å². The first-order valence-electron chi connectivity index (χ1n) is 11.8. The van der Waals surface area contributed by atoms with Crippen molar-refractivity contribution in [3.05, 3.63) is 23.3 Å². The topological polar surface area (TPSA) is 18.5 Å². The van der Waals surface area contributed by atoms with Crippen LogP contribution < -0.4 is 8.97 Å². The summed E-state index contributed by atoms with van der Waals surface area (Å²) in [7, 11) is 1.72. The van der Waals surface area contributed by atoms with Gasteiger partial charge in [0, 0.05) is 0 Å². The van der Waals surface area contributed by atoms with Crippen LogP contribution in [0, 0.1) is 23.2 Å². The van der Waals surface area contributed by atoms with Crippen LogP contribution in [0.25, 0.3) is 0 Å². The monoisotopic (exact) mass is 390 g/mol. The van der Waals surface area contributed by atoms with E-state index < -0.39 is 0 Å². The fourth-order valence-electron chi connectivity index (χ4n) is 7.74. The molecule has 4 fully saturated rings. The molecule has 0 atom stereocenters. The molecular weight excluding hydrogens is 351 g/mol. The molecule has 0 radical (unpaired) electrons. The average molecular weight is 391 g/mol. The van der Waals surface area contributed by atoms with E-state index in [0.29, 0.717) is 17.6 Å². The molecule has 0 saturated heterocycles. The summed E-state index contributed by atoms with van der Waals surface area (Å²) in [5.41, 5.74) is 3.78. The standard InChI is InChI=1S/C26H39O2.Li/c1-24(2,3)16-25(4,5)21-7-8-23(28-17-27-6)22(12-21)26-13-18-9-19(14-26)11-20(10-18)15-26;/h7,12,18-20H,9-11,13-17H2,1-6H3;. The van der Waals surface area contributed by atoms with Crippen LogP contribution in [0.15, 0.2) is 12.1 Å². The summed E-state index contributed by atoms with van der Waals surface area (Å²) in [5, 5.41) is 0. The van der Waals surface area contributed by atoms with Gasteiger partial charge in [-0.25, -0.2) is 0 Å². The SMILES string of the molecule is [Li][c]1cc(C(C)(C)CC(C)(C)C)cc(C23CC4CC(CC(C4)C2)C3)c1OCOC. The maximum absolute atomic E-state index is 6.25. The molecule has 156 valence electrons. The fraction of sp³-hybridized carbons (Fsp3) is 0.769. The summed E-state index contributed by atoms with van der Waals surface area (Å²) in [6.45, 7) is 12.3. The maximum atomic E-state index is 6.25. The Kier molecular flexibility index (Phi) is 5.72. The zero-order chi connectivity index (χ0) is 21.0. The van der Waals surface area contributed by atoms with Gasteiger partial charge in [0.1, 0.15) is 0 Å². The summed E-state index contributed by atoms with van der Waals surface area (Å²) in [6.07, 6.45) is 9.70. The summed E-state index contributed by atoms with van der Waals surface area (Å²) < 4.78 is 12.9. The molecule has 1 aromatic carbocycles. The van der Waals surface area contributed by atoms with E-state index in [1.165, 1.54) is 60.3 Å². The van der Waals surface area contributed by atoms with E-state index >= 15 is 0 Å². The van der Waals surface area contributed by atoms with Crippen molar-refractivity contribution in [3.8, 4) is 5.75 Å². The van der Waals surface area contributed by atoms with Crippen LogP contribution in [0.4, 0.5) is 0 Å². The number of hydrogen-bond donors (Lipinski definition) is 0. The van der Waals surface area contributed by atoms with E-state index in [0.717, 1.165) is 23.5 Å². The molecule has 0 spiro atoms. The summed E-state index contributed by atoms with van der Waals surface area (Å²) in [6, 6.07) is 4.94. The molecule has 5 rings (SSSR count). The van der Waals surface area contributed by atoms with Gasteiger partial charge in [-0.05, 0) is 0 Å². The van der Waals surface area contributed by atoms with Crippen molar-refractivity contribution in [3.63, 3.8) is 0 Å². The zero-order valence-electron chi connectivity index (χ0n) is 19.9. The van der Waals surface area contributed by atoms with E-state index in [4.69, 9.17) is 9.47 Å². The Labute approximate surface area is 187 Å². The summed E-state index contributed by atoms with van der Waals surface area (Å²) in [4.78, 5) is 0. The van der Waals surface area contributed by atoms with Gasteiger partial charge >= 0.3 is 188 Å². The Morgan fingerprint density at radius 1 is 0.966 bits per heavy atom. The van der Waals surface area contributed by atoms with Gasteiger partial charge in [0.15, 0.2) is 0 Å². The Bertz CT molecular complexity index is 723. The van der Waals surface area contributed by atoms with E-state index in [-0.39, 0.29) is 5.41 Å². The Balaban J connectivity index is 1.79. The molecule has 4 saturated carbocycles. The second-order valence-electron chi connectivity index (χ2n) is 12.5. The quantitative estimate of drug-likeness (QED) is 0.462. The third kappa shape index (κ3) is 4.33. The third-order valence-electron chi connectivity index (χ3n) is 7.96. The number of ether oxygens (including phenoxy) is 2. The third-order valence-corrected chi connectivity index (χ3v) is 7.96. The molecule has 0 unspecified atom stereocenters. The molecule has 4 bridgehead atoms. The number of methoxy groups -OCH3 is 1. The Hall–Kier alpha value is -0.423. The Morgan fingerprint density at radius 3 is 2.00 bits per heavy atom. The van der Waals surface area contributed by atoms with Gasteiger partial charge in [0.05, 0.1) is 0 Å². The van der Waals surface area contributed by atoms with Gasteiger partial charge in [-0.2, -0.15) is 0 Å². The van der Waals surface area contributed by atoms with Gasteiger partial charge in [0.25, 0.3) is 0 Å². The van der Waals surface area contributed by atoms with Crippen LogP contribution in [0.3, 0.4) is 0 Å². The van der Waals surface area contributed by atoms with Crippen molar-refractivity contribution >= 4 is 22.0 Å². The van der Waals surface area contributed by atoms with Crippen molar-refractivity contribution in [2.75, 3.05) is 13.9 Å². The minimum atomic E-state index is 0.153. The van der Waals surface area contributed by atoms with E-state index in [1.54, 1.807) is 7.11 Å². The van der Waals surface area contributed by atoms with Crippen molar-refractivity contribution in [1.82, 2.24) is 0 Å². The predicted molar refractivity (Wildman–Crippen MR) is 121 cm³/mol. The molecule has 0 N–H and O–H groups in total. The van der Waals surface area contributed by atoms with E-state index in [2.05, 4.69) is 64.5 Å². The first kappa shape index (κ1) is 21.8. The minimum absolute atomic E-state index is 0.153. The molecular formula is C26H39LiO2. The molecule has 0 aromatic heterocycles. The van der Waals surface area contributed by atoms with Crippen LogP contribution in [0.2, 0.25) is 0 Å². The normalized spacial score (nSPS) is 31.4. The molecule has 0 aliphatic heterocycles. The molecule has 4 aliphatic carbocycles. The molecule has 3 heteroatoms. The molecule has 0 heterocycles. The Morgan fingerprint density at radius 2 is 1.52 bits per heavy atom. The van der Waals surface area contributed by atoms with E-state index in [1.807, 2.05) is 0 Å². The molecule has 1 aromatic rings. The van der Waals surface area contributed by atoms with Gasteiger partial charge in [-0.15, -0.1) is 0 Å². The van der Waals surface area contributed by atoms with Gasteiger partial charge in [0.2, 0.25) is 0 Å². The molecule has 4 aliphatic rings. The van der Waals surface area contributed by atoms with Crippen LogP contribution in [0.5, 0.6) is 5.75 Å². The molecule has 0 amide bonds. The van der Waals surface area contributed by atoms with Crippen LogP contribution >= 0.6 is 0 Å². The van der Waals surface area contributed by atoms with Gasteiger partial charge < -0.3 is 0 Å². The van der Waals surface area contributed by atoms with Gasteiger partial charge in [-0.3, -0.25) is 0 Å². The number of hydrogen-bond acceptors (Lipinski definition) is 2. The summed E-state index contributed by atoms with van der Waals surface area (Å²) in [5.74, 6) is 3.92. The predicted octanol–water partition coefficient (Wildman–Crippen LogP) is 5.64.